The maximum absolute atomic E-state index is 14.6. The van der Waals surface area contributed by atoms with Crippen molar-refractivity contribution in [3.8, 4) is 0 Å². The van der Waals surface area contributed by atoms with Gasteiger partial charge in [-0.15, -0.1) is 0 Å². The third-order valence-electron chi connectivity index (χ3n) is 13.0. The van der Waals surface area contributed by atoms with Crippen molar-refractivity contribution in [1.82, 2.24) is 20.0 Å². The molecule has 3 N–H and O–H groups in total. The van der Waals surface area contributed by atoms with Crippen molar-refractivity contribution in [2.75, 3.05) is 41.4 Å². The summed E-state index contributed by atoms with van der Waals surface area (Å²) in [5.74, 6) is -2.54. The fourth-order valence-electron chi connectivity index (χ4n) is 9.14. The Morgan fingerprint density at radius 1 is 0.869 bits per heavy atom. The Morgan fingerprint density at radius 2 is 1.49 bits per heavy atom. The number of ketones is 2. The van der Waals surface area contributed by atoms with Gasteiger partial charge in [-0.3, -0.25) is 19.2 Å². The van der Waals surface area contributed by atoms with E-state index in [0.717, 1.165) is 12.0 Å². The van der Waals surface area contributed by atoms with Gasteiger partial charge in [-0.05, 0) is 67.6 Å². The van der Waals surface area contributed by atoms with Gasteiger partial charge < -0.3 is 39.4 Å². The first-order valence-corrected chi connectivity index (χ1v) is 25.8. The van der Waals surface area contributed by atoms with Gasteiger partial charge in [-0.25, -0.2) is 4.79 Å². The van der Waals surface area contributed by atoms with E-state index in [1.165, 1.54) is 4.90 Å². The molecule has 13 nitrogen and oxygen atoms in total. The van der Waals surface area contributed by atoms with Crippen LogP contribution in [-0.2, 0) is 28.7 Å². The molecule has 0 aromatic heterocycles. The monoisotopic (exact) mass is 875 g/mol. The molecule has 1 aromatic rings. The lowest BCUT2D eigenvalue weighted by Crippen LogP contribution is -2.54. The minimum Gasteiger partial charge on any atom is -0.432 e. The van der Waals surface area contributed by atoms with E-state index in [1.807, 2.05) is 104 Å². The number of urea groups is 1. The number of likely N-dealkylation sites (N-methyl/N-ethyl adjacent to an activating group) is 2. The second-order valence-corrected chi connectivity index (χ2v) is 23.2. The number of likely N-dealkylation sites (tertiary alicyclic amines) is 1. The first kappa shape index (κ1) is 54.0. The highest BCUT2D eigenvalue weighted by atomic mass is 28.4. The Bertz CT molecular complexity index is 1540. The summed E-state index contributed by atoms with van der Waals surface area (Å²) < 4.78 is 12.1. The second kappa shape index (κ2) is 25.2. The van der Waals surface area contributed by atoms with E-state index in [4.69, 9.17) is 9.47 Å². The third kappa shape index (κ3) is 15.5. The molecule has 348 valence electrons. The Labute approximate surface area is 368 Å². The average molecular weight is 875 g/mol. The molecule has 61 heavy (non-hydrogen) atoms. The van der Waals surface area contributed by atoms with Crippen LogP contribution in [0.1, 0.15) is 112 Å². The molecule has 0 aliphatic carbocycles. The van der Waals surface area contributed by atoms with E-state index in [-0.39, 0.29) is 78.4 Å². The molecule has 0 saturated carbocycles. The van der Waals surface area contributed by atoms with Gasteiger partial charge in [-0.2, -0.15) is 0 Å². The van der Waals surface area contributed by atoms with Crippen LogP contribution < -0.4 is 5.32 Å². The van der Waals surface area contributed by atoms with Gasteiger partial charge in [0.25, 0.3) is 0 Å². The molecule has 0 bridgehead atoms. The number of amides is 4. The van der Waals surface area contributed by atoms with Gasteiger partial charge in [0, 0.05) is 66.1 Å². The highest BCUT2D eigenvalue weighted by Crippen LogP contribution is 2.33. The topological polar surface area (TPSA) is 166 Å². The lowest BCUT2D eigenvalue weighted by Gasteiger charge is -2.41. The molecule has 1 fully saturated rings. The summed E-state index contributed by atoms with van der Waals surface area (Å²) in [6.45, 7) is 20.0. The van der Waals surface area contributed by atoms with E-state index in [0.29, 0.717) is 38.4 Å². The number of rotatable bonds is 26. The summed E-state index contributed by atoms with van der Waals surface area (Å²) in [5, 5.41) is 13.8. The predicted molar refractivity (Wildman–Crippen MR) is 243 cm³/mol. The van der Waals surface area contributed by atoms with Crippen LogP contribution in [0.4, 0.5) is 4.79 Å². The van der Waals surface area contributed by atoms with Gasteiger partial charge in [0.1, 0.15) is 5.78 Å². The largest absolute Gasteiger partial charge is 0.432 e. The van der Waals surface area contributed by atoms with Crippen LogP contribution in [0.15, 0.2) is 30.3 Å². The first-order chi connectivity index (χ1) is 28.5. The van der Waals surface area contributed by atoms with Gasteiger partial charge in [0.15, 0.2) is 14.1 Å². The Balaban J connectivity index is 2.25. The van der Waals surface area contributed by atoms with E-state index in [9.17, 15) is 33.9 Å². The molecule has 0 unspecified atom stereocenters. The minimum atomic E-state index is -2.24. The van der Waals surface area contributed by atoms with Crippen molar-refractivity contribution in [2.24, 2.45) is 35.5 Å². The van der Waals surface area contributed by atoms with Crippen molar-refractivity contribution in [1.29, 1.82) is 0 Å². The normalized spacial score (nSPS) is 19.0. The summed E-state index contributed by atoms with van der Waals surface area (Å²) in [6, 6.07) is 8.03. The number of carbonyl (C=O) groups excluding carboxylic acids is 5. The maximum atomic E-state index is 14.6. The van der Waals surface area contributed by atoms with Crippen molar-refractivity contribution in [2.45, 2.75) is 156 Å². The first-order valence-electron chi connectivity index (χ1n) is 22.7. The molecule has 4 amide bonds. The number of aliphatic hydroxyl groups excluding tert-OH is 1. The van der Waals surface area contributed by atoms with Crippen molar-refractivity contribution < 1.29 is 43.3 Å². The number of nitrogens with one attached hydrogen (secondary N) is 1. The Morgan fingerprint density at radius 3 is 2.02 bits per heavy atom. The number of methoxy groups -OCH3 is 2. The molecule has 1 aromatic carbocycles. The number of nitrogens with zero attached hydrogens (tertiary/aromatic N) is 3. The number of carbonyl (C=O) groups is 5. The number of hydrogen-bond donors (Lipinski definition) is 3. The summed E-state index contributed by atoms with van der Waals surface area (Å²) in [6.07, 6.45) is 0.937. The molecule has 10 atom stereocenters. The molecule has 2 rings (SSSR count). The van der Waals surface area contributed by atoms with Crippen LogP contribution in [0.3, 0.4) is 0 Å². The average Bonchev–Trinajstić information content (AvgIpc) is 3.70. The standard InChI is InChI=1S/C47H82N4O9Si/c1-15-32(6)43(49(9)46(56)36(30(2)3)28-39(53)42(31(4)5)50(10)47(57)48-24-20-26-61(13,14)58)40(59-11)29-41(54)51-25-19-23-37(51)45(60-12)34(8)38(52)27-33(7)44(55)35-21-17-16-18-22-35/h16-18,21-22,30-34,36-37,40,42-45,55,58H,15,19-20,23-29H2,1-14H3,(H,48,57)/t32-,33-,34-,36-,37-,40+,42-,43-,44+,45+/m0/s1. The molecule has 1 saturated heterocycles. The fraction of sp³-hybridized carbons (Fsp3) is 0.766. The number of Topliss-reactive ketones (excluding diaryl/α,β-unsaturated/α-hetero) is 2. The zero-order valence-electron chi connectivity index (χ0n) is 40.0. The second-order valence-electron chi connectivity index (χ2n) is 19.1. The molecule has 1 heterocycles. The summed E-state index contributed by atoms with van der Waals surface area (Å²) in [4.78, 5) is 84.9. The molecule has 14 heteroatoms. The zero-order valence-corrected chi connectivity index (χ0v) is 41.0. The predicted octanol–water partition coefficient (Wildman–Crippen LogP) is 6.72. The van der Waals surface area contributed by atoms with Gasteiger partial charge in [0.05, 0.1) is 42.9 Å². The van der Waals surface area contributed by atoms with Gasteiger partial charge in [0.2, 0.25) is 11.8 Å². The quantitative estimate of drug-likeness (QED) is 0.0677. The summed E-state index contributed by atoms with van der Waals surface area (Å²) in [7, 11) is 4.23. The Hall–Kier alpha value is -3.17. The van der Waals surface area contributed by atoms with E-state index < -0.39 is 50.5 Å². The summed E-state index contributed by atoms with van der Waals surface area (Å²) >= 11 is 0. The summed E-state index contributed by atoms with van der Waals surface area (Å²) in [5.41, 5.74) is 0.761. The highest BCUT2D eigenvalue weighted by Gasteiger charge is 2.43. The fourth-order valence-corrected chi connectivity index (χ4v) is 10.2. The molecular formula is C47H82N4O9Si. The van der Waals surface area contributed by atoms with Crippen molar-refractivity contribution in [3.63, 3.8) is 0 Å². The SMILES string of the molecule is CC[C@H](C)[C@@H]([C@@H](CC(=O)N1CCC[C@H]1[C@H](OC)[C@@H](C)C(=O)C[C@H](C)[C@@H](O)c1ccccc1)OC)N(C)C(=O)[C@@H](CC(=O)[C@H](C(C)C)N(C)C(=O)NCCC[Si](C)(C)O)C(C)C. The number of ether oxygens (including phenoxy) is 2. The van der Waals surface area contributed by atoms with Crippen LogP contribution in [-0.4, -0.2) is 134 Å². The molecule has 1 aliphatic heterocycles. The lowest BCUT2D eigenvalue weighted by atomic mass is 9.83. The van der Waals surface area contributed by atoms with Gasteiger partial charge in [-0.1, -0.05) is 92.1 Å². The number of hydrogen-bond acceptors (Lipinski definition) is 9. The number of benzene rings is 1. The van der Waals surface area contributed by atoms with Gasteiger partial charge >= 0.3 is 6.03 Å². The molecule has 1 aliphatic rings. The Kier molecular flexibility index (Phi) is 22.3. The third-order valence-corrected chi connectivity index (χ3v) is 14.6. The van der Waals surface area contributed by atoms with E-state index >= 15 is 0 Å². The lowest BCUT2D eigenvalue weighted by molar-refractivity contribution is -0.149. The van der Waals surface area contributed by atoms with E-state index in [1.54, 1.807) is 33.2 Å². The van der Waals surface area contributed by atoms with Crippen molar-refractivity contribution >= 4 is 37.7 Å². The van der Waals surface area contributed by atoms with Crippen LogP contribution in [0.2, 0.25) is 19.1 Å². The van der Waals surface area contributed by atoms with Crippen LogP contribution >= 0.6 is 0 Å². The maximum Gasteiger partial charge on any atom is 0.317 e. The number of aliphatic hydroxyl groups is 1. The van der Waals surface area contributed by atoms with Crippen LogP contribution in [0.25, 0.3) is 0 Å². The molecule has 0 spiro atoms. The highest BCUT2D eigenvalue weighted by molar-refractivity contribution is 6.69. The molecule has 0 radical (unpaired) electrons. The smallest absolute Gasteiger partial charge is 0.317 e. The van der Waals surface area contributed by atoms with Crippen molar-refractivity contribution in [3.05, 3.63) is 35.9 Å². The zero-order chi connectivity index (χ0) is 46.4. The van der Waals surface area contributed by atoms with Crippen LogP contribution in [0, 0.1) is 35.5 Å². The van der Waals surface area contributed by atoms with Crippen LogP contribution in [0.5, 0.6) is 0 Å². The minimum absolute atomic E-state index is 0.0112. The molecular weight excluding hydrogens is 793 g/mol. The van der Waals surface area contributed by atoms with E-state index in [2.05, 4.69) is 5.32 Å².